The fourth-order valence-corrected chi connectivity index (χ4v) is 2.03. The topological polar surface area (TPSA) is 49.3 Å². The number of aromatic carboxylic acids is 1. The predicted octanol–water partition coefficient (Wildman–Crippen LogP) is 4.04. The van der Waals surface area contributed by atoms with Crippen LogP contribution >= 0.6 is 15.9 Å². The van der Waals surface area contributed by atoms with Crippen molar-refractivity contribution >= 4 is 27.6 Å². The molecule has 0 spiro atoms. The lowest BCUT2D eigenvalue weighted by molar-refractivity contribution is 0.0692. The van der Waals surface area contributed by atoms with Gasteiger partial charge in [0.1, 0.15) is 11.6 Å². The van der Waals surface area contributed by atoms with Crippen LogP contribution in [0.4, 0.5) is 14.5 Å². The van der Waals surface area contributed by atoms with Gasteiger partial charge < -0.3 is 10.4 Å². The van der Waals surface area contributed by atoms with Gasteiger partial charge in [0.2, 0.25) is 0 Å². The minimum absolute atomic E-state index is 0.185. The second-order valence-electron chi connectivity index (χ2n) is 4.10. The van der Waals surface area contributed by atoms with Gasteiger partial charge >= 0.3 is 5.97 Å². The number of anilines is 1. The number of carbonyl (C=O) groups is 1. The summed E-state index contributed by atoms with van der Waals surface area (Å²) in [7, 11) is 0. The average molecular weight is 342 g/mol. The van der Waals surface area contributed by atoms with Crippen LogP contribution in [0, 0.1) is 11.6 Å². The van der Waals surface area contributed by atoms with Crippen LogP contribution in [0.3, 0.4) is 0 Å². The molecule has 0 fully saturated rings. The van der Waals surface area contributed by atoms with E-state index in [-0.39, 0.29) is 17.8 Å². The van der Waals surface area contributed by atoms with Gasteiger partial charge in [-0.25, -0.2) is 13.6 Å². The van der Waals surface area contributed by atoms with E-state index >= 15 is 0 Å². The molecule has 0 aliphatic rings. The van der Waals surface area contributed by atoms with Crippen LogP contribution in [0.5, 0.6) is 0 Å². The fraction of sp³-hybridized carbons (Fsp3) is 0.0714. The number of carboxylic acids is 1. The van der Waals surface area contributed by atoms with E-state index in [4.69, 9.17) is 5.11 Å². The summed E-state index contributed by atoms with van der Waals surface area (Å²) in [5.74, 6) is -2.55. The van der Waals surface area contributed by atoms with Crippen molar-refractivity contribution in [2.24, 2.45) is 0 Å². The number of rotatable bonds is 4. The molecule has 2 rings (SSSR count). The van der Waals surface area contributed by atoms with E-state index in [0.717, 1.165) is 6.07 Å². The molecular formula is C14H10BrF2NO2. The summed E-state index contributed by atoms with van der Waals surface area (Å²) in [6, 6.07) is 8.23. The zero-order valence-corrected chi connectivity index (χ0v) is 11.7. The summed E-state index contributed by atoms with van der Waals surface area (Å²) in [6.07, 6.45) is 0. The monoisotopic (exact) mass is 341 g/mol. The lowest BCUT2D eigenvalue weighted by Crippen LogP contribution is -2.05. The summed E-state index contributed by atoms with van der Waals surface area (Å²) in [5, 5.41) is 11.5. The molecule has 0 amide bonds. The van der Waals surface area contributed by atoms with Crippen LogP contribution in [0.1, 0.15) is 15.9 Å². The van der Waals surface area contributed by atoms with Gasteiger partial charge in [-0.1, -0.05) is 22.0 Å². The zero-order chi connectivity index (χ0) is 14.7. The first-order valence-corrected chi connectivity index (χ1v) is 6.47. The maximum absolute atomic E-state index is 13.5. The van der Waals surface area contributed by atoms with E-state index in [1.807, 2.05) is 0 Å². The average Bonchev–Trinajstić information content (AvgIpc) is 2.39. The minimum Gasteiger partial charge on any atom is -0.478 e. The second-order valence-corrected chi connectivity index (χ2v) is 5.01. The Hall–Kier alpha value is -1.95. The van der Waals surface area contributed by atoms with Crippen molar-refractivity contribution in [1.29, 1.82) is 0 Å². The lowest BCUT2D eigenvalue weighted by Gasteiger charge is -2.09. The van der Waals surface area contributed by atoms with E-state index < -0.39 is 17.6 Å². The standard InChI is InChI=1S/C14H10BrF2NO2/c15-9-2-4-11(16)13(6-9)18-7-8-1-3-10(14(19)20)12(17)5-8/h1-6,18H,7H2,(H,19,20). The van der Waals surface area contributed by atoms with Crippen molar-refractivity contribution in [2.45, 2.75) is 6.54 Å². The van der Waals surface area contributed by atoms with Crippen LogP contribution in [0.2, 0.25) is 0 Å². The van der Waals surface area contributed by atoms with E-state index in [1.54, 1.807) is 12.1 Å². The van der Waals surface area contributed by atoms with Crippen LogP contribution in [0.25, 0.3) is 0 Å². The first-order valence-electron chi connectivity index (χ1n) is 5.68. The molecule has 0 aromatic heterocycles. The first-order chi connectivity index (χ1) is 9.47. The van der Waals surface area contributed by atoms with Gasteiger partial charge in [0.15, 0.2) is 0 Å². The molecule has 0 saturated carbocycles. The quantitative estimate of drug-likeness (QED) is 0.882. The lowest BCUT2D eigenvalue weighted by atomic mass is 10.1. The van der Waals surface area contributed by atoms with Gasteiger partial charge in [0.05, 0.1) is 11.3 Å². The third-order valence-electron chi connectivity index (χ3n) is 2.68. The number of benzene rings is 2. The van der Waals surface area contributed by atoms with Crippen LogP contribution in [-0.2, 0) is 6.54 Å². The number of nitrogens with one attached hydrogen (secondary N) is 1. The summed E-state index contributed by atoms with van der Waals surface area (Å²) < 4.78 is 27.7. The molecule has 2 aromatic carbocycles. The Morgan fingerprint density at radius 1 is 1.15 bits per heavy atom. The van der Waals surface area contributed by atoms with Gasteiger partial charge in [0.25, 0.3) is 0 Å². The largest absolute Gasteiger partial charge is 0.478 e. The third-order valence-corrected chi connectivity index (χ3v) is 3.17. The fourth-order valence-electron chi connectivity index (χ4n) is 1.67. The first kappa shape index (κ1) is 14.5. The molecule has 0 bridgehead atoms. The Bertz CT molecular complexity index is 662. The third kappa shape index (κ3) is 3.33. The van der Waals surface area contributed by atoms with Crippen molar-refractivity contribution in [1.82, 2.24) is 0 Å². The van der Waals surface area contributed by atoms with Gasteiger partial charge in [-0.3, -0.25) is 0 Å². The van der Waals surface area contributed by atoms with E-state index in [1.165, 1.54) is 18.2 Å². The molecule has 2 N–H and O–H groups in total. The number of carboxylic acid groups (broad SMARTS) is 1. The molecule has 0 saturated heterocycles. The Morgan fingerprint density at radius 3 is 2.55 bits per heavy atom. The molecule has 104 valence electrons. The number of hydrogen-bond donors (Lipinski definition) is 2. The van der Waals surface area contributed by atoms with Gasteiger partial charge in [-0.05, 0) is 35.9 Å². The molecule has 0 heterocycles. The molecule has 3 nitrogen and oxygen atoms in total. The predicted molar refractivity (Wildman–Crippen MR) is 74.8 cm³/mol. The van der Waals surface area contributed by atoms with Crippen molar-refractivity contribution in [3.05, 3.63) is 63.6 Å². The minimum atomic E-state index is -1.32. The van der Waals surface area contributed by atoms with Crippen LogP contribution < -0.4 is 5.32 Å². The van der Waals surface area contributed by atoms with E-state index in [0.29, 0.717) is 10.0 Å². The molecule has 0 aliphatic heterocycles. The summed E-state index contributed by atoms with van der Waals surface area (Å²) >= 11 is 3.23. The Kier molecular flexibility index (Phi) is 4.34. The molecule has 0 radical (unpaired) electrons. The SMILES string of the molecule is O=C(O)c1ccc(CNc2cc(Br)ccc2F)cc1F. The highest BCUT2D eigenvalue weighted by Gasteiger charge is 2.10. The highest BCUT2D eigenvalue weighted by Crippen LogP contribution is 2.21. The number of halogens is 3. The normalized spacial score (nSPS) is 10.3. The molecule has 2 aromatic rings. The maximum Gasteiger partial charge on any atom is 0.338 e. The van der Waals surface area contributed by atoms with Crippen molar-refractivity contribution in [3.8, 4) is 0 Å². The maximum atomic E-state index is 13.5. The van der Waals surface area contributed by atoms with Crippen LogP contribution in [0.15, 0.2) is 40.9 Å². The van der Waals surface area contributed by atoms with E-state index in [9.17, 15) is 13.6 Å². The molecule has 0 aliphatic carbocycles. The zero-order valence-electron chi connectivity index (χ0n) is 10.2. The Labute approximate surface area is 122 Å². The Balaban J connectivity index is 2.13. The summed E-state index contributed by atoms with van der Waals surface area (Å²) in [5.41, 5.74) is 0.413. The second kappa shape index (κ2) is 6.00. The molecular weight excluding hydrogens is 332 g/mol. The van der Waals surface area contributed by atoms with Gasteiger partial charge in [0, 0.05) is 11.0 Å². The highest BCUT2D eigenvalue weighted by atomic mass is 79.9. The molecule has 6 heteroatoms. The smallest absolute Gasteiger partial charge is 0.338 e. The number of hydrogen-bond acceptors (Lipinski definition) is 2. The van der Waals surface area contributed by atoms with Gasteiger partial charge in [-0.2, -0.15) is 0 Å². The summed E-state index contributed by atoms with van der Waals surface area (Å²) in [6.45, 7) is 0.185. The molecule has 0 atom stereocenters. The van der Waals surface area contributed by atoms with Crippen molar-refractivity contribution < 1.29 is 18.7 Å². The molecule has 0 unspecified atom stereocenters. The van der Waals surface area contributed by atoms with E-state index in [2.05, 4.69) is 21.2 Å². The van der Waals surface area contributed by atoms with Crippen molar-refractivity contribution in [2.75, 3.05) is 5.32 Å². The molecule has 20 heavy (non-hydrogen) atoms. The summed E-state index contributed by atoms with van der Waals surface area (Å²) in [4.78, 5) is 10.7. The Morgan fingerprint density at radius 2 is 1.90 bits per heavy atom. The van der Waals surface area contributed by atoms with Gasteiger partial charge in [-0.15, -0.1) is 0 Å². The highest BCUT2D eigenvalue weighted by molar-refractivity contribution is 9.10. The van der Waals surface area contributed by atoms with Crippen LogP contribution in [-0.4, -0.2) is 11.1 Å². The van der Waals surface area contributed by atoms with Crippen molar-refractivity contribution in [3.63, 3.8) is 0 Å².